The topological polar surface area (TPSA) is 176 Å². The molecular weight excluding hydrogens is 608 g/mol. The molecule has 2 saturated heterocycles. The Bertz CT molecular complexity index is 1100. The van der Waals surface area contributed by atoms with Crippen molar-refractivity contribution in [3.05, 3.63) is 36.0 Å². The largest absolute Gasteiger partial charge is 0.483 e. The number of carbonyl (C=O) groups is 3. The third-order valence-electron chi connectivity index (χ3n) is 9.44. The molecule has 268 valence electrons. The van der Waals surface area contributed by atoms with Crippen LogP contribution in [0.5, 0.6) is 0 Å². The van der Waals surface area contributed by atoms with Crippen LogP contribution in [0.25, 0.3) is 0 Å². The number of nitrogens with one attached hydrogen (secondary N) is 2. The van der Waals surface area contributed by atoms with E-state index in [1.807, 2.05) is 32.1 Å². The summed E-state index contributed by atoms with van der Waals surface area (Å²) < 4.78 is 23.3. The molecule has 0 radical (unpaired) electrons. The van der Waals surface area contributed by atoms with Gasteiger partial charge in [-0.25, -0.2) is 0 Å². The van der Waals surface area contributed by atoms with Gasteiger partial charge in [-0.05, 0) is 71.2 Å². The number of hydrogen-bond acceptors (Lipinski definition) is 11. The minimum Gasteiger partial charge on any atom is -0.483 e. The molecule has 0 aromatic carbocycles. The fraction of sp³-hybridized carbons (Fsp3) is 0.743. The van der Waals surface area contributed by atoms with Gasteiger partial charge >= 0.3 is 11.9 Å². The molecule has 3 unspecified atom stereocenters. The summed E-state index contributed by atoms with van der Waals surface area (Å²) in [5, 5.41) is 35.9. The highest BCUT2D eigenvalue weighted by Gasteiger charge is 2.54. The summed E-state index contributed by atoms with van der Waals surface area (Å²) in [7, 11) is 1.76. The average molecular weight is 667 g/mol. The summed E-state index contributed by atoms with van der Waals surface area (Å²) in [6.45, 7) is 14.7. The molecule has 3 aliphatic rings. The van der Waals surface area contributed by atoms with E-state index in [9.17, 15) is 19.8 Å². The van der Waals surface area contributed by atoms with Gasteiger partial charge in [0.15, 0.2) is 0 Å². The van der Waals surface area contributed by atoms with Gasteiger partial charge in [0.2, 0.25) is 0 Å². The number of ether oxygens (including phenoxy) is 4. The van der Waals surface area contributed by atoms with Crippen LogP contribution in [0.3, 0.4) is 0 Å². The average Bonchev–Trinajstić information content (AvgIpc) is 3.81. The van der Waals surface area contributed by atoms with E-state index in [0.717, 1.165) is 31.5 Å². The normalized spacial score (nSPS) is 37.4. The SMILES string of the molecule is CC[C@H](OC)[C@@H](C)[C@H]1O[C@@H]1C1NCCCNC1(C)/C=C/C=C(\C)C1OC(=O)C[C@H](O)CC[C@@](C)(O)[C@@H](OC(C)=O)/C=C/[C@@H]1C.O=CO. The van der Waals surface area contributed by atoms with Crippen LogP contribution < -0.4 is 10.6 Å². The predicted octanol–water partition coefficient (Wildman–Crippen LogP) is 3.06. The lowest BCUT2D eigenvalue weighted by Crippen LogP contribution is -2.58. The fourth-order valence-electron chi connectivity index (χ4n) is 6.56. The van der Waals surface area contributed by atoms with Crippen molar-refractivity contribution in [1.82, 2.24) is 10.6 Å². The summed E-state index contributed by atoms with van der Waals surface area (Å²) in [4.78, 5) is 33.0. The molecule has 0 saturated carbocycles. The third-order valence-corrected chi connectivity index (χ3v) is 9.44. The molecule has 3 aliphatic heterocycles. The molecular formula is C35H58N2O10. The van der Waals surface area contributed by atoms with Crippen molar-refractivity contribution >= 4 is 18.4 Å². The van der Waals surface area contributed by atoms with Crippen molar-refractivity contribution in [2.24, 2.45) is 11.8 Å². The van der Waals surface area contributed by atoms with Gasteiger partial charge in [0.05, 0.1) is 36.3 Å². The maximum atomic E-state index is 12.8. The van der Waals surface area contributed by atoms with Crippen LogP contribution in [0.15, 0.2) is 36.0 Å². The Hall–Kier alpha value is -2.61. The van der Waals surface area contributed by atoms with Gasteiger partial charge in [0.25, 0.3) is 6.47 Å². The van der Waals surface area contributed by atoms with Gasteiger partial charge in [0, 0.05) is 25.9 Å². The Morgan fingerprint density at radius 3 is 2.53 bits per heavy atom. The molecule has 0 amide bonds. The van der Waals surface area contributed by atoms with Gasteiger partial charge in [0.1, 0.15) is 23.9 Å². The zero-order valence-corrected chi connectivity index (χ0v) is 29.3. The third kappa shape index (κ3) is 12.1. The zero-order valence-electron chi connectivity index (χ0n) is 29.3. The summed E-state index contributed by atoms with van der Waals surface area (Å²) in [6.07, 6.45) is 9.40. The summed E-state index contributed by atoms with van der Waals surface area (Å²) in [5.41, 5.74) is -0.983. The summed E-state index contributed by atoms with van der Waals surface area (Å²) in [5.74, 6) is -1.04. The van der Waals surface area contributed by atoms with E-state index in [-0.39, 0.29) is 67.5 Å². The highest BCUT2D eigenvalue weighted by atomic mass is 16.6. The first-order valence-corrected chi connectivity index (χ1v) is 16.7. The molecule has 0 spiro atoms. The van der Waals surface area contributed by atoms with Gasteiger partial charge < -0.3 is 44.9 Å². The van der Waals surface area contributed by atoms with Crippen molar-refractivity contribution < 1.29 is 48.7 Å². The Kier molecular flexibility index (Phi) is 16.2. The molecule has 12 heteroatoms. The van der Waals surface area contributed by atoms with E-state index >= 15 is 0 Å². The number of carboxylic acid groups (broad SMARTS) is 1. The molecule has 0 aromatic heterocycles. The Balaban J connectivity index is 0.00000246. The summed E-state index contributed by atoms with van der Waals surface area (Å²) >= 11 is 0. The molecule has 5 N–H and O–H groups in total. The highest BCUT2D eigenvalue weighted by Crippen LogP contribution is 2.39. The standard InChI is InChI=1S/C34H56N2O8.CH2O2/c1-9-26(41-8)23(4)30-31(44-30)32-33(6,36-19-11-18-35-32)16-10-12-21(2)29-22(3)13-14-27(42-24(5)37)34(7,40)17-15-25(38)20-28(39)43-29;2-1-3/h10,12-14,16,22-23,25-27,29-32,35-36,38,40H,9,11,15,17-20H2,1-8H3;1H,(H,2,3)/b14-13+,16-10+,21-12+;/t22-,23+,25+,26-,27-,29?,30+,31-,32?,33?,34+;/m0./s1. The number of aliphatic hydroxyl groups excluding tert-OH is 1. The lowest BCUT2D eigenvalue weighted by molar-refractivity contribution is -0.157. The molecule has 11 atom stereocenters. The Labute approximate surface area is 279 Å². The second kappa shape index (κ2) is 18.8. The minimum atomic E-state index is -1.41. The van der Waals surface area contributed by atoms with Gasteiger partial charge in [-0.3, -0.25) is 14.4 Å². The number of methoxy groups -OCH3 is 1. The molecule has 2 fully saturated rings. The van der Waals surface area contributed by atoms with Crippen molar-refractivity contribution in [3.8, 4) is 0 Å². The van der Waals surface area contributed by atoms with Crippen LogP contribution in [0.1, 0.15) is 80.6 Å². The van der Waals surface area contributed by atoms with Crippen molar-refractivity contribution in [2.75, 3.05) is 20.2 Å². The monoisotopic (exact) mass is 666 g/mol. The Morgan fingerprint density at radius 1 is 1.23 bits per heavy atom. The van der Waals surface area contributed by atoms with Crippen LogP contribution in [-0.2, 0) is 33.3 Å². The van der Waals surface area contributed by atoms with Crippen LogP contribution in [-0.4, -0.2) is 108 Å². The lowest BCUT2D eigenvalue weighted by Gasteiger charge is -2.34. The molecule has 12 nitrogen and oxygen atoms in total. The van der Waals surface area contributed by atoms with Crippen LogP contribution >= 0.6 is 0 Å². The number of cyclic esters (lactones) is 1. The van der Waals surface area contributed by atoms with E-state index in [2.05, 4.69) is 37.5 Å². The molecule has 3 rings (SSSR count). The number of rotatable bonds is 9. The molecule has 47 heavy (non-hydrogen) atoms. The van der Waals surface area contributed by atoms with Crippen LogP contribution in [0.2, 0.25) is 0 Å². The van der Waals surface area contributed by atoms with E-state index in [1.165, 1.54) is 6.92 Å². The van der Waals surface area contributed by atoms with Gasteiger partial charge in [-0.1, -0.05) is 45.1 Å². The van der Waals surface area contributed by atoms with Crippen LogP contribution in [0, 0.1) is 11.8 Å². The number of epoxide rings is 1. The van der Waals surface area contributed by atoms with Crippen LogP contribution in [0.4, 0.5) is 0 Å². The van der Waals surface area contributed by atoms with Crippen molar-refractivity contribution in [1.29, 1.82) is 0 Å². The maximum absolute atomic E-state index is 12.8. The first-order valence-electron chi connectivity index (χ1n) is 16.7. The number of hydrogen-bond donors (Lipinski definition) is 5. The first kappa shape index (κ1) is 40.6. The smallest absolute Gasteiger partial charge is 0.309 e. The maximum Gasteiger partial charge on any atom is 0.309 e. The predicted molar refractivity (Wildman–Crippen MR) is 178 cm³/mol. The second-order valence-corrected chi connectivity index (χ2v) is 13.4. The molecule has 0 bridgehead atoms. The molecule has 0 aliphatic carbocycles. The van der Waals surface area contributed by atoms with Gasteiger partial charge in [-0.2, -0.15) is 0 Å². The van der Waals surface area contributed by atoms with Crippen molar-refractivity contribution in [3.63, 3.8) is 0 Å². The zero-order chi connectivity index (χ0) is 35.4. The second-order valence-electron chi connectivity index (χ2n) is 13.4. The molecule has 0 aromatic rings. The van der Waals surface area contributed by atoms with E-state index in [0.29, 0.717) is 0 Å². The highest BCUT2D eigenvalue weighted by molar-refractivity contribution is 5.70. The number of esters is 2. The Morgan fingerprint density at radius 2 is 1.91 bits per heavy atom. The lowest BCUT2D eigenvalue weighted by atomic mass is 9.85. The van der Waals surface area contributed by atoms with Gasteiger partial charge in [-0.15, -0.1) is 0 Å². The number of allylic oxidation sites excluding steroid dienone is 2. The first-order chi connectivity index (χ1) is 22.1. The quantitative estimate of drug-likeness (QED) is 0.0801. The number of aliphatic hydroxyl groups is 2. The van der Waals surface area contributed by atoms with E-state index < -0.39 is 35.9 Å². The summed E-state index contributed by atoms with van der Waals surface area (Å²) in [6, 6.07) is 0.0604. The fourth-order valence-corrected chi connectivity index (χ4v) is 6.56. The van der Waals surface area contributed by atoms with E-state index in [4.69, 9.17) is 28.8 Å². The molecule has 3 heterocycles. The minimum absolute atomic E-state index is 0.0604. The van der Waals surface area contributed by atoms with Crippen molar-refractivity contribution in [2.45, 2.75) is 134 Å². The van der Waals surface area contributed by atoms with E-state index in [1.54, 1.807) is 20.1 Å². The number of carbonyl (C=O) groups excluding carboxylic acids is 2.